The molecule has 17 heavy (non-hydrogen) atoms. The molecule has 0 aromatic heterocycles. The number of nitrogens with zero attached hydrogens (tertiary/aromatic N) is 1. The third-order valence-corrected chi connectivity index (χ3v) is 3.67. The average molecular weight is 240 g/mol. The van der Waals surface area contributed by atoms with Gasteiger partial charge in [0.05, 0.1) is 0 Å². The topological polar surface area (TPSA) is 15.3 Å². The SMILES string of the molecule is CC(C)CCCCCCN1CCNCC(C)C1. The molecule has 1 saturated heterocycles. The summed E-state index contributed by atoms with van der Waals surface area (Å²) in [7, 11) is 0. The number of unbranched alkanes of at least 4 members (excludes halogenated alkanes) is 3. The van der Waals surface area contributed by atoms with Gasteiger partial charge in [-0.25, -0.2) is 0 Å². The maximum Gasteiger partial charge on any atom is 0.0107 e. The summed E-state index contributed by atoms with van der Waals surface area (Å²) >= 11 is 0. The van der Waals surface area contributed by atoms with E-state index in [0.29, 0.717) is 0 Å². The van der Waals surface area contributed by atoms with E-state index in [1.54, 1.807) is 0 Å². The van der Waals surface area contributed by atoms with Gasteiger partial charge in [0.25, 0.3) is 0 Å². The number of rotatable bonds is 7. The quantitative estimate of drug-likeness (QED) is 0.688. The monoisotopic (exact) mass is 240 g/mol. The number of nitrogens with one attached hydrogen (secondary N) is 1. The van der Waals surface area contributed by atoms with Crippen LogP contribution in [0.1, 0.15) is 52.9 Å². The highest BCUT2D eigenvalue weighted by molar-refractivity contribution is 4.70. The van der Waals surface area contributed by atoms with E-state index >= 15 is 0 Å². The summed E-state index contributed by atoms with van der Waals surface area (Å²) in [5.41, 5.74) is 0. The van der Waals surface area contributed by atoms with Gasteiger partial charge < -0.3 is 10.2 Å². The molecule has 2 heteroatoms. The molecule has 1 heterocycles. The van der Waals surface area contributed by atoms with Crippen LogP contribution in [0, 0.1) is 11.8 Å². The van der Waals surface area contributed by atoms with Gasteiger partial charge >= 0.3 is 0 Å². The standard InChI is InChI=1S/C15H32N2/c1-14(2)8-6-4-5-7-10-17-11-9-16-12-15(3)13-17/h14-16H,4-13H2,1-3H3. The highest BCUT2D eigenvalue weighted by atomic mass is 15.2. The minimum absolute atomic E-state index is 0.818. The number of hydrogen-bond acceptors (Lipinski definition) is 2. The Kier molecular flexibility index (Phi) is 7.87. The maximum atomic E-state index is 3.51. The van der Waals surface area contributed by atoms with Crippen molar-refractivity contribution in [3.8, 4) is 0 Å². The van der Waals surface area contributed by atoms with Crippen molar-refractivity contribution < 1.29 is 0 Å². The van der Waals surface area contributed by atoms with Crippen LogP contribution in [0.15, 0.2) is 0 Å². The third-order valence-electron chi connectivity index (χ3n) is 3.67. The molecule has 0 saturated carbocycles. The Bertz CT molecular complexity index is 180. The minimum Gasteiger partial charge on any atom is -0.315 e. The first-order valence-corrected chi connectivity index (χ1v) is 7.61. The van der Waals surface area contributed by atoms with Crippen molar-refractivity contribution in [2.45, 2.75) is 52.9 Å². The second-order valence-corrected chi connectivity index (χ2v) is 6.21. The Hall–Kier alpha value is -0.0800. The van der Waals surface area contributed by atoms with E-state index in [1.165, 1.54) is 64.8 Å². The van der Waals surface area contributed by atoms with Crippen molar-refractivity contribution in [1.82, 2.24) is 10.2 Å². The molecular formula is C15H32N2. The van der Waals surface area contributed by atoms with E-state index in [-0.39, 0.29) is 0 Å². The summed E-state index contributed by atoms with van der Waals surface area (Å²) in [4.78, 5) is 2.65. The first-order chi connectivity index (χ1) is 8.18. The Morgan fingerprint density at radius 2 is 1.94 bits per heavy atom. The van der Waals surface area contributed by atoms with E-state index in [0.717, 1.165) is 11.8 Å². The second-order valence-electron chi connectivity index (χ2n) is 6.21. The van der Waals surface area contributed by atoms with Crippen molar-refractivity contribution in [3.05, 3.63) is 0 Å². The molecule has 2 nitrogen and oxygen atoms in total. The Labute approximate surface area is 108 Å². The van der Waals surface area contributed by atoms with Gasteiger partial charge in [-0.15, -0.1) is 0 Å². The summed E-state index contributed by atoms with van der Waals surface area (Å²) < 4.78 is 0. The molecule has 1 aliphatic heterocycles. The zero-order valence-corrected chi connectivity index (χ0v) is 12.2. The van der Waals surface area contributed by atoms with Crippen LogP contribution in [-0.2, 0) is 0 Å². The van der Waals surface area contributed by atoms with Crippen LogP contribution in [0.5, 0.6) is 0 Å². The van der Waals surface area contributed by atoms with E-state index in [2.05, 4.69) is 31.0 Å². The summed E-state index contributed by atoms with van der Waals surface area (Å²) in [6.07, 6.45) is 7.08. The molecule has 1 fully saturated rings. The lowest BCUT2D eigenvalue weighted by molar-refractivity contribution is 0.258. The fraction of sp³-hybridized carbons (Fsp3) is 1.00. The van der Waals surface area contributed by atoms with Crippen LogP contribution in [-0.4, -0.2) is 37.6 Å². The van der Waals surface area contributed by atoms with Gasteiger partial charge in [0, 0.05) is 19.6 Å². The molecule has 0 aromatic rings. The molecule has 1 rings (SSSR count). The molecule has 1 aliphatic rings. The van der Waals surface area contributed by atoms with Gasteiger partial charge in [-0.1, -0.05) is 46.5 Å². The van der Waals surface area contributed by atoms with Gasteiger partial charge in [-0.05, 0) is 31.3 Å². The molecule has 0 spiro atoms. The molecule has 0 radical (unpaired) electrons. The first-order valence-electron chi connectivity index (χ1n) is 7.61. The molecule has 1 N–H and O–H groups in total. The molecule has 102 valence electrons. The predicted molar refractivity (Wildman–Crippen MR) is 76.4 cm³/mol. The van der Waals surface area contributed by atoms with Crippen molar-refractivity contribution in [2.24, 2.45) is 11.8 Å². The third kappa shape index (κ3) is 7.77. The predicted octanol–water partition coefficient (Wildman–Crippen LogP) is 3.13. The van der Waals surface area contributed by atoms with Crippen LogP contribution >= 0.6 is 0 Å². The number of hydrogen-bond donors (Lipinski definition) is 1. The Morgan fingerprint density at radius 3 is 2.71 bits per heavy atom. The maximum absolute atomic E-state index is 3.51. The van der Waals surface area contributed by atoms with Gasteiger partial charge in [0.2, 0.25) is 0 Å². The summed E-state index contributed by atoms with van der Waals surface area (Å²) in [5.74, 6) is 1.70. The van der Waals surface area contributed by atoms with Crippen molar-refractivity contribution in [1.29, 1.82) is 0 Å². The summed E-state index contributed by atoms with van der Waals surface area (Å²) in [5, 5.41) is 3.51. The molecule has 1 atom stereocenters. The van der Waals surface area contributed by atoms with Crippen molar-refractivity contribution in [3.63, 3.8) is 0 Å². The van der Waals surface area contributed by atoms with E-state index in [1.807, 2.05) is 0 Å². The van der Waals surface area contributed by atoms with Gasteiger partial charge in [-0.2, -0.15) is 0 Å². The zero-order valence-electron chi connectivity index (χ0n) is 12.2. The summed E-state index contributed by atoms with van der Waals surface area (Å²) in [6, 6.07) is 0. The zero-order chi connectivity index (χ0) is 12.5. The van der Waals surface area contributed by atoms with Crippen LogP contribution in [0.2, 0.25) is 0 Å². The fourth-order valence-corrected chi connectivity index (χ4v) is 2.63. The lowest BCUT2D eigenvalue weighted by Crippen LogP contribution is -2.30. The molecule has 0 aliphatic carbocycles. The van der Waals surface area contributed by atoms with Gasteiger partial charge in [-0.3, -0.25) is 0 Å². The second kappa shape index (κ2) is 8.93. The smallest absolute Gasteiger partial charge is 0.0107 e. The highest BCUT2D eigenvalue weighted by Gasteiger charge is 2.13. The van der Waals surface area contributed by atoms with Crippen LogP contribution in [0.25, 0.3) is 0 Å². The minimum atomic E-state index is 0.818. The lowest BCUT2D eigenvalue weighted by atomic mass is 10.0. The normalized spacial score (nSPS) is 22.9. The van der Waals surface area contributed by atoms with Crippen LogP contribution in [0.4, 0.5) is 0 Å². The van der Waals surface area contributed by atoms with Crippen LogP contribution < -0.4 is 5.32 Å². The van der Waals surface area contributed by atoms with E-state index in [4.69, 9.17) is 0 Å². The fourth-order valence-electron chi connectivity index (χ4n) is 2.63. The lowest BCUT2D eigenvalue weighted by Gasteiger charge is -2.21. The molecule has 0 aromatic carbocycles. The molecule has 0 amide bonds. The molecule has 1 unspecified atom stereocenters. The molecule has 0 bridgehead atoms. The van der Waals surface area contributed by atoms with Crippen molar-refractivity contribution >= 4 is 0 Å². The summed E-state index contributed by atoms with van der Waals surface area (Å²) in [6.45, 7) is 13.2. The van der Waals surface area contributed by atoms with E-state index in [9.17, 15) is 0 Å². The largest absolute Gasteiger partial charge is 0.315 e. The highest BCUT2D eigenvalue weighted by Crippen LogP contribution is 2.10. The average Bonchev–Trinajstić information content (AvgIpc) is 2.47. The Balaban J connectivity index is 1.97. The van der Waals surface area contributed by atoms with Crippen molar-refractivity contribution in [2.75, 3.05) is 32.7 Å². The molecular weight excluding hydrogens is 208 g/mol. The first kappa shape index (κ1) is 15.0. The van der Waals surface area contributed by atoms with E-state index < -0.39 is 0 Å². The van der Waals surface area contributed by atoms with Crippen LogP contribution in [0.3, 0.4) is 0 Å². The van der Waals surface area contributed by atoms with Gasteiger partial charge in [0.15, 0.2) is 0 Å². The Morgan fingerprint density at radius 1 is 1.18 bits per heavy atom. The van der Waals surface area contributed by atoms with Gasteiger partial charge in [0.1, 0.15) is 0 Å².